The normalized spacial score (nSPS) is 19.2. The molecule has 1 atom stereocenters. The van der Waals surface area contributed by atoms with E-state index in [2.05, 4.69) is 20.4 Å². The maximum absolute atomic E-state index is 12.9. The first-order valence-electron chi connectivity index (χ1n) is 10.3. The fraction of sp³-hybridized carbons (Fsp3) is 0.571. The van der Waals surface area contributed by atoms with Gasteiger partial charge in [0.15, 0.2) is 0 Å². The van der Waals surface area contributed by atoms with Gasteiger partial charge in [-0.25, -0.2) is 4.79 Å². The third-order valence-corrected chi connectivity index (χ3v) is 7.25. The quantitative estimate of drug-likeness (QED) is 0.728. The number of aromatic amines is 1. The molecule has 2 aliphatic rings. The lowest BCUT2D eigenvalue weighted by molar-refractivity contribution is -0.117. The number of methoxy groups -OCH3 is 1. The summed E-state index contributed by atoms with van der Waals surface area (Å²) >= 11 is 1.53. The van der Waals surface area contributed by atoms with Gasteiger partial charge in [0, 0.05) is 22.2 Å². The zero-order chi connectivity index (χ0) is 20.5. The second-order valence-corrected chi connectivity index (χ2v) is 9.04. The molecular weight excluding hydrogens is 388 g/mol. The van der Waals surface area contributed by atoms with Crippen molar-refractivity contribution in [3.8, 4) is 0 Å². The second kappa shape index (κ2) is 8.28. The molecule has 0 saturated carbocycles. The first-order chi connectivity index (χ1) is 14.0. The number of aryl methyl sites for hydroxylation is 3. The van der Waals surface area contributed by atoms with Gasteiger partial charge >= 0.3 is 5.97 Å². The van der Waals surface area contributed by atoms with Crippen LogP contribution in [0.2, 0.25) is 0 Å². The van der Waals surface area contributed by atoms with Crippen LogP contribution in [0.3, 0.4) is 0 Å². The lowest BCUT2D eigenvalue weighted by Crippen LogP contribution is -2.33. The number of rotatable bonds is 5. The smallest absolute Gasteiger partial charge is 0.341 e. The fourth-order valence-electron chi connectivity index (χ4n) is 4.72. The van der Waals surface area contributed by atoms with Crippen LogP contribution in [-0.4, -0.2) is 47.2 Å². The van der Waals surface area contributed by atoms with Crippen LogP contribution in [0, 0.1) is 13.8 Å². The van der Waals surface area contributed by atoms with Gasteiger partial charge in [-0.3, -0.25) is 14.8 Å². The fourth-order valence-corrected chi connectivity index (χ4v) is 6.01. The Bertz CT molecular complexity index is 913. The molecule has 2 aromatic heterocycles. The molecular formula is C21H28N4O3S. The third kappa shape index (κ3) is 3.83. The number of H-pyrrole nitrogens is 1. The van der Waals surface area contributed by atoms with Crippen molar-refractivity contribution in [1.82, 2.24) is 15.1 Å². The molecule has 2 aromatic rings. The number of likely N-dealkylation sites (tertiary alicyclic amines) is 1. The van der Waals surface area contributed by atoms with Crippen molar-refractivity contribution < 1.29 is 14.3 Å². The SMILES string of the molecule is COC(=O)c1c(NC(=O)CN2CCCC2c2c(C)n[nH]c2C)sc2c1CCCC2. The highest BCUT2D eigenvalue weighted by molar-refractivity contribution is 7.17. The summed E-state index contributed by atoms with van der Waals surface area (Å²) in [6.07, 6.45) is 6.12. The predicted molar refractivity (Wildman–Crippen MR) is 113 cm³/mol. The van der Waals surface area contributed by atoms with Crippen LogP contribution in [0.25, 0.3) is 0 Å². The molecule has 0 spiro atoms. The molecule has 4 rings (SSSR count). The zero-order valence-electron chi connectivity index (χ0n) is 17.3. The number of carbonyl (C=O) groups is 2. The van der Waals surface area contributed by atoms with E-state index in [9.17, 15) is 9.59 Å². The number of thiophene rings is 1. The number of ether oxygens (including phenoxy) is 1. The molecule has 0 bridgehead atoms. The Labute approximate surface area is 174 Å². The number of anilines is 1. The van der Waals surface area contributed by atoms with Crippen molar-refractivity contribution in [2.45, 2.75) is 58.4 Å². The molecule has 1 fully saturated rings. The van der Waals surface area contributed by atoms with Crippen LogP contribution < -0.4 is 5.32 Å². The Hall–Kier alpha value is -2.19. The first-order valence-corrected chi connectivity index (χ1v) is 11.1. The van der Waals surface area contributed by atoms with Crippen LogP contribution in [0.15, 0.2) is 0 Å². The molecule has 8 heteroatoms. The maximum atomic E-state index is 12.9. The summed E-state index contributed by atoms with van der Waals surface area (Å²) in [7, 11) is 1.39. The Kier molecular flexibility index (Phi) is 5.74. The highest BCUT2D eigenvalue weighted by Gasteiger charge is 2.32. The molecule has 7 nitrogen and oxygen atoms in total. The van der Waals surface area contributed by atoms with E-state index in [1.165, 1.54) is 28.9 Å². The summed E-state index contributed by atoms with van der Waals surface area (Å²) in [5.74, 6) is -0.442. The van der Waals surface area contributed by atoms with Crippen molar-refractivity contribution in [3.05, 3.63) is 33.0 Å². The van der Waals surface area contributed by atoms with Gasteiger partial charge in [-0.05, 0) is 64.5 Å². The minimum absolute atomic E-state index is 0.0838. The zero-order valence-corrected chi connectivity index (χ0v) is 18.1. The van der Waals surface area contributed by atoms with E-state index < -0.39 is 0 Å². The number of carbonyl (C=O) groups excluding carboxylic acids is 2. The number of nitrogens with one attached hydrogen (secondary N) is 2. The van der Waals surface area contributed by atoms with E-state index in [0.29, 0.717) is 17.1 Å². The monoisotopic (exact) mass is 416 g/mol. The van der Waals surface area contributed by atoms with E-state index in [1.807, 2.05) is 13.8 Å². The number of aromatic nitrogens is 2. The molecule has 1 aliphatic heterocycles. The van der Waals surface area contributed by atoms with Gasteiger partial charge in [-0.1, -0.05) is 0 Å². The first kappa shape index (κ1) is 20.1. The molecule has 29 heavy (non-hydrogen) atoms. The Morgan fingerprint density at radius 2 is 2.07 bits per heavy atom. The van der Waals surface area contributed by atoms with Gasteiger partial charge in [0.2, 0.25) is 5.91 Å². The number of nitrogens with zero attached hydrogens (tertiary/aromatic N) is 2. The molecule has 0 radical (unpaired) electrons. The summed E-state index contributed by atoms with van der Waals surface area (Å²) in [5.41, 5.74) is 4.89. The second-order valence-electron chi connectivity index (χ2n) is 7.93. The predicted octanol–water partition coefficient (Wildman–Crippen LogP) is 3.53. The van der Waals surface area contributed by atoms with Gasteiger partial charge < -0.3 is 10.1 Å². The van der Waals surface area contributed by atoms with Crippen LogP contribution >= 0.6 is 11.3 Å². The summed E-state index contributed by atoms with van der Waals surface area (Å²) in [6.45, 7) is 5.23. The molecule has 156 valence electrons. The van der Waals surface area contributed by atoms with Crippen molar-refractivity contribution >= 4 is 28.2 Å². The molecule has 1 amide bonds. The molecule has 0 aromatic carbocycles. The minimum Gasteiger partial charge on any atom is -0.465 e. The number of esters is 1. The Balaban J connectivity index is 1.51. The van der Waals surface area contributed by atoms with Crippen LogP contribution in [0.5, 0.6) is 0 Å². The van der Waals surface area contributed by atoms with E-state index in [1.54, 1.807) is 0 Å². The van der Waals surface area contributed by atoms with Crippen molar-refractivity contribution in [2.75, 3.05) is 25.5 Å². The van der Waals surface area contributed by atoms with Gasteiger partial charge in [0.05, 0.1) is 24.9 Å². The lowest BCUT2D eigenvalue weighted by Gasteiger charge is -2.24. The van der Waals surface area contributed by atoms with Crippen LogP contribution in [-0.2, 0) is 22.4 Å². The molecule has 1 saturated heterocycles. The largest absolute Gasteiger partial charge is 0.465 e. The average molecular weight is 417 g/mol. The summed E-state index contributed by atoms with van der Waals surface area (Å²) in [5, 5.41) is 11.0. The van der Waals surface area contributed by atoms with E-state index in [4.69, 9.17) is 4.74 Å². The molecule has 2 N–H and O–H groups in total. The van der Waals surface area contributed by atoms with E-state index in [-0.39, 0.29) is 17.9 Å². The standard InChI is InChI=1S/C21H28N4O3S/c1-12-18(13(2)24-23-12)15-8-6-10-25(15)11-17(26)22-20-19(21(27)28-3)14-7-4-5-9-16(14)29-20/h15H,4-11H2,1-3H3,(H,22,26)(H,23,24). The van der Waals surface area contributed by atoms with E-state index in [0.717, 1.165) is 62.0 Å². The summed E-state index contributed by atoms with van der Waals surface area (Å²) in [4.78, 5) is 28.7. The van der Waals surface area contributed by atoms with Gasteiger partial charge in [-0.15, -0.1) is 11.3 Å². The summed E-state index contributed by atoms with van der Waals surface area (Å²) < 4.78 is 5.00. The Morgan fingerprint density at radius 1 is 1.28 bits per heavy atom. The maximum Gasteiger partial charge on any atom is 0.341 e. The molecule has 1 aliphatic carbocycles. The van der Waals surface area contributed by atoms with E-state index >= 15 is 0 Å². The van der Waals surface area contributed by atoms with Gasteiger partial charge in [0.25, 0.3) is 0 Å². The minimum atomic E-state index is -0.358. The number of hydrogen-bond donors (Lipinski definition) is 2. The molecule has 3 heterocycles. The lowest BCUT2D eigenvalue weighted by atomic mass is 9.95. The topological polar surface area (TPSA) is 87.3 Å². The van der Waals surface area contributed by atoms with Crippen molar-refractivity contribution in [1.29, 1.82) is 0 Å². The number of fused-ring (bicyclic) bond motifs is 1. The van der Waals surface area contributed by atoms with Crippen molar-refractivity contribution in [3.63, 3.8) is 0 Å². The number of amides is 1. The Morgan fingerprint density at radius 3 is 2.79 bits per heavy atom. The highest BCUT2D eigenvalue weighted by Crippen LogP contribution is 2.39. The van der Waals surface area contributed by atoms with Gasteiger partial charge in [0.1, 0.15) is 5.00 Å². The third-order valence-electron chi connectivity index (χ3n) is 6.04. The average Bonchev–Trinajstić information content (AvgIpc) is 3.38. The number of hydrogen-bond acceptors (Lipinski definition) is 6. The summed E-state index contributed by atoms with van der Waals surface area (Å²) in [6, 6.07) is 0.205. The van der Waals surface area contributed by atoms with Crippen molar-refractivity contribution in [2.24, 2.45) is 0 Å². The highest BCUT2D eigenvalue weighted by atomic mass is 32.1. The van der Waals surface area contributed by atoms with Gasteiger partial charge in [-0.2, -0.15) is 5.10 Å². The molecule has 1 unspecified atom stereocenters. The van der Waals surface area contributed by atoms with Crippen LogP contribution in [0.4, 0.5) is 5.00 Å². The van der Waals surface area contributed by atoms with Crippen LogP contribution in [0.1, 0.15) is 69.5 Å².